The van der Waals surface area contributed by atoms with Crippen molar-refractivity contribution < 1.29 is 4.74 Å². The first-order chi connectivity index (χ1) is 7.08. The van der Waals surface area contributed by atoms with Gasteiger partial charge in [-0.2, -0.15) is 5.26 Å². The maximum absolute atomic E-state index is 9.10. The molecule has 1 unspecified atom stereocenters. The van der Waals surface area contributed by atoms with Crippen LogP contribution < -0.4 is 0 Å². The van der Waals surface area contributed by atoms with Crippen molar-refractivity contribution in [2.45, 2.75) is 39.4 Å². The highest BCUT2D eigenvalue weighted by Gasteiger charge is 2.27. The molecule has 0 aromatic heterocycles. The quantitative estimate of drug-likeness (QED) is 0.623. The first kappa shape index (κ1) is 14.4. The predicted octanol–water partition coefficient (Wildman–Crippen LogP) is 3.60. The maximum atomic E-state index is 9.10. The third-order valence-corrected chi connectivity index (χ3v) is 3.73. The molecule has 3 heteroatoms. The van der Waals surface area contributed by atoms with Gasteiger partial charge in [0.15, 0.2) is 0 Å². The van der Waals surface area contributed by atoms with Crippen LogP contribution in [-0.4, -0.2) is 17.6 Å². The molecule has 0 radical (unpaired) electrons. The van der Waals surface area contributed by atoms with E-state index in [0.29, 0.717) is 6.61 Å². The van der Waals surface area contributed by atoms with E-state index in [0.717, 1.165) is 12.2 Å². The van der Waals surface area contributed by atoms with Crippen LogP contribution in [0.1, 0.15) is 34.1 Å². The summed E-state index contributed by atoms with van der Waals surface area (Å²) in [5.74, 6) is 1.03. The van der Waals surface area contributed by atoms with Crippen LogP contribution in [-0.2, 0) is 4.74 Å². The molecule has 1 atom stereocenters. The van der Waals surface area contributed by atoms with Gasteiger partial charge in [0.1, 0.15) is 5.25 Å². The monoisotopic (exact) mass is 227 g/mol. The van der Waals surface area contributed by atoms with Gasteiger partial charge in [0.2, 0.25) is 0 Å². The van der Waals surface area contributed by atoms with E-state index in [1.165, 1.54) is 0 Å². The van der Waals surface area contributed by atoms with Crippen LogP contribution in [0.3, 0.4) is 0 Å². The first-order valence-corrected chi connectivity index (χ1v) is 6.43. The fraction of sp³-hybridized carbons (Fsp3) is 0.750. The Hall–Kier alpha value is -0.620. The minimum atomic E-state index is -0.135. The molecule has 0 aromatic rings. The molecule has 0 fully saturated rings. The second-order valence-corrected chi connectivity index (χ2v) is 5.17. The molecular weight excluding hydrogens is 206 g/mol. The third kappa shape index (κ3) is 5.74. The van der Waals surface area contributed by atoms with Gasteiger partial charge in [-0.25, -0.2) is 0 Å². The Balaban J connectivity index is 4.31. The maximum Gasteiger partial charge on any atom is 0.100 e. The van der Waals surface area contributed by atoms with E-state index in [4.69, 9.17) is 10.00 Å². The van der Waals surface area contributed by atoms with Gasteiger partial charge in [-0.1, -0.05) is 20.8 Å². The smallest absolute Gasteiger partial charge is 0.100 e. The van der Waals surface area contributed by atoms with Crippen molar-refractivity contribution in [1.82, 2.24) is 0 Å². The molecule has 0 spiro atoms. The summed E-state index contributed by atoms with van der Waals surface area (Å²) in [6.07, 6.45) is 4.79. The molecule has 0 aliphatic rings. The zero-order chi connectivity index (χ0) is 11.7. The first-order valence-electron chi connectivity index (χ1n) is 5.39. The third-order valence-electron chi connectivity index (χ3n) is 2.04. The minimum Gasteiger partial charge on any atom is -0.502 e. The average molecular weight is 227 g/mol. The Kier molecular flexibility index (Phi) is 7.33. The summed E-state index contributed by atoms with van der Waals surface area (Å²) in [7, 11) is 0. The lowest BCUT2D eigenvalue weighted by atomic mass is 9.90. The Morgan fingerprint density at radius 3 is 2.60 bits per heavy atom. The van der Waals surface area contributed by atoms with Crippen molar-refractivity contribution in [3.63, 3.8) is 0 Å². The average Bonchev–Trinajstić information content (AvgIpc) is 2.19. The summed E-state index contributed by atoms with van der Waals surface area (Å²) in [6, 6.07) is 2.36. The van der Waals surface area contributed by atoms with Crippen molar-refractivity contribution >= 4 is 11.8 Å². The molecule has 0 amide bonds. The number of rotatable bonds is 7. The van der Waals surface area contributed by atoms with Crippen molar-refractivity contribution in [1.29, 1.82) is 5.26 Å². The van der Waals surface area contributed by atoms with Gasteiger partial charge in [-0.15, -0.1) is 11.8 Å². The van der Waals surface area contributed by atoms with E-state index in [9.17, 15) is 0 Å². The number of nitrogens with zero attached hydrogens (tertiary/aromatic N) is 1. The molecule has 0 aromatic carbocycles. The molecule has 15 heavy (non-hydrogen) atoms. The molecule has 86 valence electrons. The number of nitriles is 1. The Bertz CT molecular complexity index is 230. The van der Waals surface area contributed by atoms with Crippen LogP contribution in [0.5, 0.6) is 0 Å². The van der Waals surface area contributed by atoms with Crippen LogP contribution >= 0.6 is 11.8 Å². The Morgan fingerprint density at radius 1 is 1.47 bits per heavy atom. The SMILES string of the molecule is CCCSC(C#N)C(C)(C)/C=C/OCC. The van der Waals surface area contributed by atoms with E-state index in [1.54, 1.807) is 18.0 Å². The lowest BCUT2D eigenvalue weighted by Crippen LogP contribution is -2.23. The number of hydrogen-bond donors (Lipinski definition) is 0. The van der Waals surface area contributed by atoms with E-state index in [-0.39, 0.29) is 10.7 Å². The zero-order valence-corrected chi connectivity index (χ0v) is 10.9. The van der Waals surface area contributed by atoms with Crippen molar-refractivity contribution in [3.05, 3.63) is 12.3 Å². The summed E-state index contributed by atoms with van der Waals surface area (Å²) in [4.78, 5) is 0. The van der Waals surface area contributed by atoms with E-state index in [1.807, 2.05) is 13.0 Å². The fourth-order valence-corrected chi connectivity index (χ4v) is 2.12. The predicted molar refractivity (Wildman–Crippen MR) is 66.7 cm³/mol. The van der Waals surface area contributed by atoms with Crippen molar-refractivity contribution in [2.24, 2.45) is 5.41 Å². The van der Waals surface area contributed by atoms with Crippen LogP contribution in [0.2, 0.25) is 0 Å². The minimum absolute atomic E-state index is 0.00541. The van der Waals surface area contributed by atoms with Crippen molar-refractivity contribution in [2.75, 3.05) is 12.4 Å². The molecule has 0 heterocycles. The lowest BCUT2D eigenvalue weighted by Gasteiger charge is -2.25. The molecule has 0 aliphatic heterocycles. The molecule has 0 bridgehead atoms. The Labute approximate surface area is 97.7 Å². The number of ether oxygens (including phenoxy) is 1. The van der Waals surface area contributed by atoms with Crippen LogP contribution in [0.4, 0.5) is 0 Å². The van der Waals surface area contributed by atoms with Gasteiger partial charge < -0.3 is 4.74 Å². The highest BCUT2D eigenvalue weighted by atomic mass is 32.2. The number of thioether (sulfide) groups is 1. The van der Waals surface area contributed by atoms with Gasteiger partial charge in [-0.3, -0.25) is 0 Å². The number of allylic oxidation sites excluding steroid dienone is 1. The van der Waals surface area contributed by atoms with Gasteiger partial charge in [0.05, 0.1) is 18.9 Å². The summed E-state index contributed by atoms with van der Waals surface area (Å²) in [5.41, 5.74) is -0.135. The molecule has 2 nitrogen and oxygen atoms in total. The lowest BCUT2D eigenvalue weighted by molar-refractivity contribution is 0.263. The van der Waals surface area contributed by atoms with Crippen LogP contribution in [0.25, 0.3) is 0 Å². The molecule has 0 N–H and O–H groups in total. The van der Waals surface area contributed by atoms with Gasteiger partial charge >= 0.3 is 0 Å². The van der Waals surface area contributed by atoms with Gasteiger partial charge in [0, 0.05) is 5.41 Å². The van der Waals surface area contributed by atoms with Crippen LogP contribution in [0.15, 0.2) is 12.3 Å². The summed E-state index contributed by atoms with van der Waals surface area (Å²) in [6.45, 7) is 8.89. The summed E-state index contributed by atoms with van der Waals surface area (Å²) < 4.78 is 5.17. The number of hydrogen-bond acceptors (Lipinski definition) is 3. The topological polar surface area (TPSA) is 33.0 Å². The normalized spacial score (nSPS) is 13.8. The molecule has 0 saturated carbocycles. The molecule has 0 saturated heterocycles. The Morgan fingerprint density at radius 2 is 2.13 bits per heavy atom. The fourth-order valence-electron chi connectivity index (χ4n) is 1.06. The highest BCUT2D eigenvalue weighted by Crippen LogP contribution is 2.32. The molecule has 0 aliphatic carbocycles. The second-order valence-electron chi connectivity index (χ2n) is 3.96. The zero-order valence-electron chi connectivity index (χ0n) is 10.1. The largest absolute Gasteiger partial charge is 0.502 e. The summed E-state index contributed by atoms with van der Waals surface area (Å²) >= 11 is 1.72. The van der Waals surface area contributed by atoms with Crippen LogP contribution in [0, 0.1) is 16.7 Å². The van der Waals surface area contributed by atoms with E-state index < -0.39 is 0 Å². The summed E-state index contributed by atoms with van der Waals surface area (Å²) in [5, 5.41) is 9.09. The van der Waals surface area contributed by atoms with Crippen molar-refractivity contribution in [3.8, 4) is 6.07 Å². The molecule has 0 rings (SSSR count). The molecular formula is C12H21NOS. The van der Waals surface area contributed by atoms with Gasteiger partial charge in [0.25, 0.3) is 0 Å². The van der Waals surface area contributed by atoms with E-state index >= 15 is 0 Å². The second kappa shape index (κ2) is 7.64. The van der Waals surface area contributed by atoms with Gasteiger partial charge in [-0.05, 0) is 25.2 Å². The standard InChI is InChI=1S/C12H21NOS/c1-5-9-15-11(10-13)12(3,4)7-8-14-6-2/h7-8,11H,5-6,9H2,1-4H3/b8-7+. The highest BCUT2D eigenvalue weighted by molar-refractivity contribution is 8.00. The van der Waals surface area contributed by atoms with E-state index in [2.05, 4.69) is 26.8 Å².